The minimum absolute atomic E-state index is 0.0918. The number of fused-ring (bicyclic) bond motifs is 1. The maximum Gasteiger partial charge on any atom is 0.227 e. The van der Waals surface area contributed by atoms with Crippen LogP contribution < -0.4 is 5.14 Å². The van der Waals surface area contributed by atoms with Gasteiger partial charge in [-0.2, -0.15) is 0 Å². The molecule has 1 saturated heterocycles. The molecule has 1 aliphatic heterocycles. The van der Waals surface area contributed by atoms with Crippen molar-refractivity contribution in [3.8, 4) is 0 Å². The Balaban J connectivity index is 1.73. The van der Waals surface area contributed by atoms with Crippen molar-refractivity contribution in [2.45, 2.75) is 18.1 Å². The van der Waals surface area contributed by atoms with E-state index >= 15 is 0 Å². The molecule has 1 amide bonds. The zero-order chi connectivity index (χ0) is 15.0. The molecular formula is C13H16N4O3S. The third-order valence-corrected chi connectivity index (χ3v) is 5.15. The molecule has 1 unspecified atom stereocenters. The van der Waals surface area contributed by atoms with Crippen LogP contribution in [0, 0.1) is 0 Å². The Bertz CT molecular complexity index is 784. The van der Waals surface area contributed by atoms with Gasteiger partial charge < -0.3 is 9.88 Å². The molecule has 112 valence electrons. The molecule has 3 N–H and O–H groups in total. The number of carbonyl (C=O) groups excluding carboxylic acids is 1. The number of sulfonamides is 1. The fraction of sp³-hybridized carbons (Fsp3) is 0.385. The number of H-pyrrole nitrogens is 1. The quantitative estimate of drug-likeness (QED) is 0.831. The van der Waals surface area contributed by atoms with E-state index in [0.717, 1.165) is 16.6 Å². The Morgan fingerprint density at radius 3 is 3.05 bits per heavy atom. The van der Waals surface area contributed by atoms with E-state index in [-0.39, 0.29) is 18.9 Å². The summed E-state index contributed by atoms with van der Waals surface area (Å²) in [5.74, 6) is -0.0918. The van der Waals surface area contributed by atoms with E-state index in [0.29, 0.717) is 13.0 Å². The second kappa shape index (κ2) is 5.12. The van der Waals surface area contributed by atoms with E-state index in [2.05, 4.69) is 9.97 Å². The number of hydrogen-bond acceptors (Lipinski definition) is 4. The summed E-state index contributed by atoms with van der Waals surface area (Å²) < 4.78 is 22.6. The molecule has 2 aromatic rings. The SMILES string of the molecule is NS(=O)(=O)C1CCN(C(=O)Cc2c[nH]c3ncccc23)C1. The van der Waals surface area contributed by atoms with Crippen LogP contribution in [0.25, 0.3) is 11.0 Å². The number of nitrogens with two attached hydrogens (primary N) is 1. The van der Waals surface area contributed by atoms with Crippen molar-refractivity contribution in [2.24, 2.45) is 5.14 Å². The number of likely N-dealkylation sites (tertiary alicyclic amines) is 1. The van der Waals surface area contributed by atoms with E-state index in [4.69, 9.17) is 5.14 Å². The predicted molar refractivity (Wildman–Crippen MR) is 77.9 cm³/mol. The Morgan fingerprint density at radius 1 is 1.52 bits per heavy atom. The lowest BCUT2D eigenvalue weighted by Gasteiger charge is -2.15. The van der Waals surface area contributed by atoms with Crippen LogP contribution in [0.5, 0.6) is 0 Å². The summed E-state index contributed by atoms with van der Waals surface area (Å²) in [5.41, 5.74) is 1.60. The van der Waals surface area contributed by atoms with Crippen LogP contribution in [0.1, 0.15) is 12.0 Å². The second-order valence-electron chi connectivity index (χ2n) is 5.23. The number of aromatic amines is 1. The molecule has 1 aliphatic rings. The Hall–Kier alpha value is -1.93. The van der Waals surface area contributed by atoms with Crippen LogP contribution in [0.2, 0.25) is 0 Å². The molecule has 1 atom stereocenters. The van der Waals surface area contributed by atoms with Gasteiger partial charge in [-0.05, 0) is 24.1 Å². The molecule has 0 spiro atoms. The van der Waals surface area contributed by atoms with Crippen molar-refractivity contribution in [1.29, 1.82) is 0 Å². The summed E-state index contributed by atoms with van der Waals surface area (Å²) in [6, 6.07) is 3.72. The van der Waals surface area contributed by atoms with Crippen LogP contribution in [-0.2, 0) is 21.2 Å². The average molecular weight is 308 g/mol. The van der Waals surface area contributed by atoms with Gasteiger partial charge >= 0.3 is 0 Å². The number of amides is 1. The maximum absolute atomic E-state index is 12.3. The number of carbonyl (C=O) groups is 1. The minimum Gasteiger partial charge on any atom is -0.346 e. The highest BCUT2D eigenvalue weighted by molar-refractivity contribution is 7.89. The molecule has 0 saturated carbocycles. The lowest BCUT2D eigenvalue weighted by Crippen LogP contribution is -2.35. The first-order valence-electron chi connectivity index (χ1n) is 6.65. The van der Waals surface area contributed by atoms with E-state index in [1.54, 1.807) is 17.3 Å². The number of aromatic nitrogens is 2. The van der Waals surface area contributed by atoms with Gasteiger partial charge in [0.15, 0.2) is 0 Å². The molecule has 1 fully saturated rings. The van der Waals surface area contributed by atoms with Gasteiger partial charge in [0.05, 0.1) is 11.7 Å². The van der Waals surface area contributed by atoms with Crippen molar-refractivity contribution in [1.82, 2.24) is 14.9 Å². The lowest BCUT2D eigenvalue weighted by molar-refractivity contribution is -0.129. The highest BCUT2D eigenvalue weighted by Crippen LogP contribution is 2.20. The van der Waals surface area contributed by atoms with Gasteiger partial charge in [-0.1, -0.05) is 0 Å². The fourth-order valence-electron chi connectivity index (χ4n) is 2.66. The molecule has 2 aromatic heterocycles. The monoisotopic (exact) mass is 308 g/mol. The predicted octanol–water partition coefficient (Wildman–Crippen LogP) is -0.00520. The van der Waals surface area contributed by atoms with Crippen LogP contribution in [0.15, 0.2) is 24.5 Å². The van der Waals surface area contributed by atoms with Gasteiger partial charge in [0.1, 0.15) is 5.65 Å². The summed E-state index contributed by atoms with van der Waals surface area (Å²) in [6.45, 7) is 0.610. The van der Waals surface area contributed by atoms with Gasteiger partial charge in [0.2, 0.25) is 15.9 Å². The molecule has 8 heteroatoms. The number of pyridine rings is 1. The van der Waals surface area contributed by atoms with Crippen LogP contribution in [0.4, 0.5) is 0 Å². The molecule has 3 heterocycles. The third kappa shape index (κ3) is 2.77. The summed E-state index contributed by atoms with van der Waals surface area (Å²) in [6.07, 6.45) is 4.08. The summed E-state index contributed by atoms with van der Waals surface area (Å²) in [7, 11) is -3.58. The molecular weight excluding hydrogens is 292 g/mol. The van der Waals surface area contributed by atoms with Crippen LogP contribution in [-0.4, -0.2) is 47.5 Å². The molecule has 3 rings (SSSR count). The van der Waals surface area contributed by atoms with Crippen molar-refractivity contribution in [2.75, 3.05) is 13.1 Å². The maximum atomic E-state index is 12.3. The molecule has 0 bridgehead atoms. The molecule has 7 nitrogen and oxygen atoms in total. The number of nitrogens with zero attached hydrogens (tertiary/aromatic N) is 2. The second-order valence-corrected chi connectivity index (χ2v) is 7.07. The highest BCUT2D eigenvalue weighted by Gasteiger charge is 2.33. The van der Waals surface area contributed by atoms with E-state index in [1.165, 1.54) is 0 Å². The van der Waals surface area contributed by atoms with Gasteiger partial charge in [0.25, 0.3) is 0 Å². The number of nitrogens with one attached hydrogen (secondary N) is 1. The standard InChI is InChI=1S/C13H16N4O3S/c14-21(19,20)10-3-5-17(8-10)12(18)6-9-7-16-13-11(9)2-1-4-15-13/h1-2,4,7,10H,3,5-6,8H2,(H,15,16)(H2,14,19,20). The van der Waals surface area contributed by atoms with E-state index in [9.17, 15) is 13.2 Å². The van der Waals surface area contributed by atoms with E-state index in [1.807, 2.05) is 12.1 Å². The van der Waals surface area contributed by atoms with Gasteiger partial charge in [0, 0.05) is 30.9 Å². The number of primary sulfonamides is 1. The normalized spacial score (nSPS) is 19.3. The van der Waals surface area contributed by atoms with Crippen LogP contribution >= 0.6 is 0 Å². The Kier molecular flexibility index (Phi) is 3.42. The lowest BCUT2D eigenvalue weighted by atomic mass is 10.1. The smallest absolute Gasteiger partial charge is 0.227 e. The molecule has 0 aromatic carbocycles. The molecule has 21 heavy (non-hydrogen) atoms. The highest BCUT2D eigenvalue weighted by atomic mass is 32.2. The number of hydrogen-bond donors (Lipinski definition) is 2. The van der Waals surface area contributed by atoms with Crippen molar-refractivity contribution in [3.63, 3.8) is 0 Å². The average Bonchev–Trinajstić information content (AvgIpc) is 3.05. The van der Waals surface area contributed by atoms with Gasteiger partial charge in [-0.15, -0.1) is 0 Å². The summed E-state index contributed by atoms with van der Waals surface area (Å²) in [5, 5.41) is 5.40. The zero-order valence-electron chi connectivity index (χ0n) is 11.3. The Morgan fingerprint density at radius 2 is 2.33 bits per heavy atom. The van der Waals surface area contributed by atoms with Crippen LogP contribution in [0.3, 0.4) is 0 Å². The van der Waals surface area contributed by atoms with Gasteiger partial charge in [-0.3, -0.25) is 4.79 Å². The largest absolute Gasteiger partial charge is 0.346 e. The topological polar surface area (TPSA) is 109 Å². The van der Waals surface area contributed by atoms with Crippen molar-refractivity contribution in [3.05, 3.63) is 30.1 Å². The Labute approximate surface area is 122 Å². The first kappa shape index (κ1) is 14.0. The van der Waals surface area contributed by atoms with Crippen molar-refractivity contribution < 1.29 is 13.2 Å². The molecule has 0 aliphatic carbocycles. The minimum atomic E-state index is -3.58. The summed E-state index contributed by atoms with van der Waals surface area (Å²) in [4.78, 5) is 21.0. The summed E-state index contributed by atoms with van der Waals surface area (Å²) >= 11 is 0. The molecule has 0 radical (unpaired) electrons. The fourth-order valence-corrected chi connectivity index (χ4v) is 3.48. The van der Waals surface area contributed by atoms with Gasteiger partial charge in [-0.25, -0.2) is 18.5 Å². The first-order valence-corrected chi connectivity index (χ1v) is 8.26. The third-order valence-electron chi connectivity index (χ3n) is 3.84. The van der Waals surface area contributed by atoms with Crippen molar-refractivity contribution >= 4 is 27.0 Å². The number of rotatable bonds is 3. The zero-order valence-corrected chi connectivity index (χ0v) is 12.1. The van der Waals surface area contributed by atoms with E-state index < -0.39 is 15.3 Å². The first-order chi connectivity index (χ1) is 9.95.